The predicted octanol–water partition coefficient (Wildman–Crippen LogP) is 1.35. The van der Waals surface area contributed by atoms with Crippen molar-refractivity contribution in [2.45, 2.75) is 27.7 Å². The van der Waals surface area contributed by atoms with Crippen molar-refractivity contribution in [3.05, 3.63) is 17.0 Å². The summed E-state index contributed by atoms with van der Waals surface area (Å²) in [6.07, 6.45) is 0. The molecular weight excluding hydrogens is 270 g/mol. The number of carbonyl (C=O) groups is 2. The van der Waals surface area contributed by atoms with Gasteiger partial charge in [-0.15, -0.1) is 0 Å². The molecule has 118 valence electrons. The first-order valence-electron chi connectivity index (χ1n) is 7.12. The maximum absolute atomic E-state index is 12.5. The highest BCUT2D eigenvalue weighted by molar-refractivity contribution is 6.43. The first-order chi connectivity index (χ1) is 9.79. The lowest BCUT2D eigenvalue weighted by molar-refractivity contribution is -0.127. The molecule has 0 bridgehead atoms. The van der Waals surface area contributed by atoms with Gasteiger partial charge < -0.3 is 9.64 Å². The summed E-state index contributed by atoms with van der Waals surface area (Å²) in [5.41, 5.74) is 1.71. The minimum absolute atomic E-state index is 0.287. The van der Waals surface area contributed by atoms with Gasteiger partial charge in [0.2, 0.25) is 0 Å². The summed E-state index contributed by atoms with van der Waals surface area (Å²) >= 11 is 0. The third kappa shape index (κ3) is 4.14. The van der Waals surface area contributed by atoms with Crippen LogP contribution in [0.4, 0.5) is 0 Å². The third-order valence-corrected chi connectivity index (χ3v) is 3.37. The number of hydrogen-bond acceptors (Lipinski definition) is 4. The van der Waals surface area contributed by atoms with Crippen LogP contribution in [0.3, 0.4) is 0 Å². The molecule has 6 nitrogen and oxygen atoms in total. The van der Waals surface area contributed by atoms with E-state index in [9.17, 15) is 9.59 Å². The lowest BCUT2D eigenvalue weighted by Gasteiger charge is -2.23. The fourth-order valence-electron chi connectivity index (χ4n) is 2.27. The monoisotopic (exact) mass is 295 g/mol. The molecule has 1 aromatic rings. The molecule has 0 fully saturated rings. The van der Waals surface area contributed by atoms with Crippen LogP contribution < -0.4 is 0 Å². The number of aromatic nitrogens is 2. The maximum Gasteiger partial charge on any atom is 0.295 e. The maximum atomic E-state index is 12.5. The van der Waals surface area contributed by atoms with E-state index < -0.39 is 11.7 Å². The molecule has 6 heteroatoms. The van der Waals surface area contributed by atoms with E-state index in [1.807, 2.05) is 13.8 Å². The highest BCUT2D eigenvalue weighted by atomic mass is 16.5. The first-order valence-corrected chi connectivity index (χ1v) is 7.12. The molecule has 21 heavy (non-hydrogen) atoms. The number of ether oxygens (including phenoxy) is 1. The van der Waals surface area contributed by atoms with Crippen LogP contribution in [0.25, 0.3) is 0 Å². The number of Topliss-reactive ketones (excluding diaryl/α,β-unsaturated/α-hetero) is 1. The molecule has 0 spiro atoms. The average molecular weight is 295 g/mol. The van der Waals surface area contributed by atoms with Gasteiger partial charge in [-0.25, -0.2) is 0 Å². The van der Waals surface area contributed by atoms with Gasteiger partial charge in [-0.05, 0) is 19.8 Å². The van der Waals surface area contributed by atoms with Gasteiger partial charge in [-0.2, -0.15) is 5.10 Å². The van der Waals surface area contributed by atoms with Crippen LogP contribution in [0, 0.1) is 19.8 Å². The van der Waals surface area contributed by atoms with Gasteiger partial charge in [0.05, 0.1) is 17.9 Å². The number of carbonyl (C=O) groups excluding carboxylic acids is 2. The molecule has 0 radical (unpaired) electrons. The third-order valence-electron chi connectivity index (χ3n) is 3.37. The molecule has 0 aromatic carbocycles. The zero-order valence-corrected chi connectivity index (χ0v) is 13.8. The molecule has 0 aliphatic carbocycles. The smallest absolute Gasteiger partial charge is 0.295 e. The summed E-state index contributed by atoms with van der Waals surface area (Å²) in [4.78, 5) is 26.5. The second kappa shape index (κ2) is 7.36. The van der Waals surface area contributed by atoms with Gasteiger partial charge in [-0.1, -0.05) is 13.8 Å². The molecule has 0 atom stereocenters. The SMILES string of the molecule is COCCN(CC(C)C)C(=O)C(=O)c1c(C)nn(C)c1C. The van der Waals surface area contributed by atoms with E-state index in [4.69, 9.17) is 4.74 Å². The predicted molar refractivity (Wildman–Crippen MR) is 80.3 cm³/mol. The largest absolute Gasteiger partial charge is 0.383 e. The number of rotatable bonds is 7. The summed E-state index contributed by atoms with van der Waals surface area (Å²) in [6, 6.07) is 0. The summed E-state index contributed by atoms with van der Waals surface area (Å²) < 4.78 is 6.64. The topological polar surface area (TPSA) is 64.4 Å². The minimum atomic E-state index is -0.491. The number of amides is 1. The van der Waals surface area contributed by atoms with Gasteiger partial charge in [-0.3, -0.25) is 14.3 Å². The minimum Gasteiger partial charge on any atom is -0.383 e. The summed E-state index contributed by atoms with van der Waals surface area (Å²) in [5.74, 6) is -0.690. The summed E-state index contributed by atoms with van der Waals surface area (Å²) in [5, 5.41) is 4.20. The van der Waals surface area contributed by atoms with Gasteiger partial charge in [0.1, 0.15) is 0 Å². The number of aryl methyl sites for hydroxylation is 2. The van der Waals surface area contributed by atoms with Crippen molar-refractivity contribution in [2.75, 3.05) is 26.8 Å². The van der Waals surface area contributed by atoms with Crippen LogP contribution in [-0.4, -0.2) is 53.2 Å². The van der Waals surface area contributed by atoms with E-state index in [2.05, 4.69) is 5.10 Å². The number of hydrogen-bond donors (Lipinski definition) is 0. The number of nitrogens with zero attached hydrogens (tertiary/aromatic N) is 3. The Balaban J connectivity index is 2.99. The van der Waals surface area contributed by atoms with Crippen LogP contribution in [0.1, 0.15) is 35.6 Å². The Morgan fingerprint density at radius 2 is 1.95 bits per heavy atom. The van der Waals surface area contributed by atoms with Crippen LogP contribution in [0.15, 0.2) is 0 Å². The molecule has 0 aliphatic rings. The first kappa shape index (κ1) is 17.4. The Hall–Kier alpha value is -1.69. The molecule has 1 amide bonds. The lowest BCUT2D eigenvalue weighted by atomic mass is 10.1. The average Bonchev–Trinajstić information content (AvgIpc) is 2.66. The summed E-state index contributed by atoms with van der Waals surface area (Å²) in [6.45, 7) is 8.93. The Morgan fingerprint density at radius 3 is 2.38 bits per heavy atom. The van der Waals surface area contributed by atoms with E-state index in [0.717, 1.165) is 0 Å². The number of methoxy groups -OCH3 is 1. The number of ketones is 1. The van der Waals surface area contributed by atoms with Crippen molar-refractivity contribution in [3.63, 3.8) is 0 Å². The van der Waals surface area contributed by atoms with Crippen LogP contribution in [0.5, 0.6) is 0 Å². The van der Waals surface area contributed by atoms with Crippen molar-refractivity contribution in [1.82, 2.24) is 14.7 Å². The van der Waals surface area contributed by atoms with Gasteiger partial charge >= 0.3 is 0 Å². The van der Waals surface area contributed by atoms with Gasteiger partial charge in [0.25, 0.3) is 11.7 Å². The normalized spacial score (nSPS) is 11.0. The molecule has 0 saturated heterocycles. The highest BCUT2D eigenvalue weighted by Crippen LogP contribution is 2.14. The highest BCUT2D eigenvalue weighted by Gasteiger charge is 2.28. The second-order valence-electron chi connectivity index (χ2n) is 5.64. The quantitative estimate of drug-likeness (QED) is 0.562. The van der Waals surface area contributed by atoms with E-state index >= 15 is 0 Å². The standard InChI is InChI=1S/C15H25N3O3/c1-10(2)9-18(7-8-21-6)15(20)14(19)13-11(3)16-17(5)12(13)4/h10H,7-9H2,1-6H3. The molecule has 1 heterocycles. The molecule has 1 aromatic heterocycles. The second-order valence-corrected chi connectivity index (χ2v) is 5.64. The lowest BCUT2D eigenvalue weighted by Crippen LogP contribution is -2.41. The van der Waals surface area contributed by atoms with Crippen LogP contribution in [0.2, 0.25) is 0 Å². The van der Waals surface area contributed by atoms with E-state index in [0.29, 0.717) is 36.6 Å². The van der Waals surface area contributed by atoms with Crippen LogP contribution >= 0.6 is 0 Å². The molecule has 0 N–H and O–H groups in total. The molecule has 0 saturated carbocycles. The van der Waals surface area contributed by atoms with Crippen LogP contribution in [-0.2, 0) is 16.6 Å². The fourth-order valence-corrected chi connectivity index (χ4v) is 2.27. The van der Waals surface area contributed by atoms with Crippen molar-refractivity contribution >= 4 is 11.7 Å². The van der Waals surface area contributed by atoms with E-state index in [1.165, 1.54) is 0 Å². The Morgan fingerprint density at radius 1 is 1.33 bits per heavy atom. The Bertz CT molecular complexity index is 520. The Kier molecular flexibility index (Phi) is 6.08. The van der Waals surface area contributed by atoms with E-state index in [-0.39, 0.29) is 5.92 Å². The van der Waals surface area contributed by atoms with Crippen molar-refractivity contribution in [2.24, 2.45) is 13.0 Å². The fraction of sp³-hybridized carbons (Fsp3) is 0.667. The summed E-state index contributed by atoms with van der Waals surface area (Å²) in [7, 11) is 3.34. The van der Waals surface area contributed by atoms with Crippen molar-refractivity contribution < 1.29 is 14.3 Å². The zero-order valence-electron chi connectivity index (χ0n) is 13.8. The van der Waals surface area contributed by atoms with Crippen molar-refractivity contribution in [1.29, 1.82) is 0 Å². The molecule has 1 rings (SSSR count). The van der Waals surface area contributed by atoms with Gasteiger partial charge in [0, 0.05) is 32.9 Å². The molecule has 0 unspecified atom stereocenters. The molecular formula is C15H25N3O3. The zero-order chi connectivity index (χ0) is 16.2. The van der Waals surface area contributed by atoms with Gasteiger partial charge in [0.15, 0.2) is 0 Å². The molecule has 0 aliphatic heterocycles. The Labute approximate surface area is 126 Å². The van der Waals surface area contributed by atoms with E-state index in [1.54, 1.807) is 37.6 Å². The van der Waals surface area contributed by atoms with Crippen molar-refractivity contribution in [3.8, 4) is 0 Å².